The molecule has 0 aliphatic carbocycles. The lowest BCUT2D eigenvalue weighted by Crippen LogP contribution is -2.40. The van der Waals surface area contributed by atoms with Crippen LogP contribution in [-0.4, -0.2) is 45.5 Å². The van der Waals surface area contributed by atoms with Gasteiger partial charge in [0, 0.05) is 50.5 Å². The summed E-state index contributed by atoms with van der Waals surface area (Å²) in [4.78, 5) is 35.1. The second-order valence-corrected chi connectivity index (χ2v) is 8.60. The first-order valence-corrected chi connectivity index (χ1v) is 10.9. The maximum absolute atomic E-state index is 12.1. The highest BCUT2D eigenvalue weighted by atomic mass is 32.1. The number of hydrogen-bond acceptors (Lipinski definition) is 6. The number of carbonyl (C=O) groups is 1. The standard InChI is InChI=1S/C19H22N4O2S.C2HF3O2/c1-21-17(10-18(24)22(2)19(21)25)23-7-5-15(12-23)20-11-13-3-4-16-14(9-13)6-8-26-16;3-2(4,5)1(6)7/h3-4,6,8-10,15,20H,5,7,11-12H2,1-2H3;(H,6,7)/t15-;/m1./s1. The predicted molar refractivity (Wildman–Crippen MR) is 120 cm³/mol. The Morgan fingerprint density at radius 3 is 2.55 bits per heavy atom. The fraction of sp³-hybridized carbons (Fsp3) is 0.381. The summed E-state index contributed by atoms with van der Waals surface area (Å²) in [7, 11) is 3.22. The summed E-state index contributed by atoms with van der Waals surface area (Å²) in [6, 6.07) is 10.6. The Bertz CT molecular complexity index is 1260. The molecule has 2 N–H and O–H groups in total. The average Bonchev–Trinajstić information content (AvgIpc) is 3.42. The van der Waals surface area contributed by atoms with Crippen LogP contribution in [0.1, 0.15) is 12.0 Å². The van der Waals surface area contributed by atoms with Gasteiger partial charge in [-0.05, 0) is 40.9 Å². The van der Waals surface area contributed by atoms with Gasteiger partial charge in [0.15, 0.2) is 0 Å². The van der Waals surface area contributed by atoms with Gasteiger partial charge in [0.05, 0.1) is 0 Å². The number of nitrogens with zero attached hydrogens (tertiary/aromatic N) is 3. The van der Waals surface area contributed by atoms with E-state index < -0.39 is 12.1 Å². The van der Waals surface area contributed by atoms with Crippen molar-refractivity contribution in [2.45, 2.75) is 25.2 Å². The van der Waals surface area contributed by atoms with Gasteiger partial charge < -0.3 is 15.3 Å². The van der Waals surface area contributed by atoms with Crippen LogP contribution in [-0.2, 0) is 25.4 Å². The van der Waals surface area contributed by atoms with Crippen LogP contribution in [0.25, 0.3) is 10.1 Å². The van der Waals surface area contributed by atoms with E-state index in [-0.39, 0.29) is 11.2 Å². The van der Waals surface area contributed by atoms with Crippen LogP contribution in [0.3, 0.4) is 0 Å². The number of anilines is 1. The van der Waals surface area contributed by atoms with Crippen LogP contribution in [0.5, 0.6) is 0 Å². The zero-order valence-corrected chi connectivity index (χ0v) is 18.7. The third-order valence-corrected chi connectivity index (χ3v) is 6.26. The number of alkyl halides is 3. The molecule has 1 saturated heterocycles. The number of aliphatic carboxylic acids is 1. The predicted octanol–water partition coefficient (Wildman–Crippen LogP) is 2.30. The molecule has 0 saturated carbocycles. The molecule has 8 nitrogen and oxygen atoms in total. The summed E-state index contributed by atoms with van der Waals surface area (Å²) in [6.07, 6.45) is -4.09. The Labute approximate surface area is 190 Å². The van der Waals surface area contributed by atoms with Gasteiger partial charge in [-0.1, -0.05) is 6.07 Å². The van der Waals surface area contributed by atoms with E-state index in [1.54, 1.807) is 29.0 Å². The first kappa shape index (κ1) is 24.5. The summed E-state index contributed by atoms with van der Waals surface area (Å²) in [5.41, 5.74) is 0.729. The van der Waals surface area contributed by atoms with Gasteiger partial charge in [-0.15, -0.1) is 11.3 Å². The quantitative estimate of drug-likeness (QED) is 0.590. The number of halogens is 3. The van der Waals surface area contributed by atoms with Crippen molar-refractivity contribution in [1.29, 1.82) is 0 Å². The Hall–Kier alpha value is -3.12. The highest BCUT2D eigenvalue weighted by Crippen LogP contribution is 2.22. The van der Waals surface area contributed by atoms with E-state index in [1.165, 1.54) is 22.7 Å². The van der Waals surface area contributed by atoms with Crippen molar-refractivity contribution in [1.82, 2.24) is 14.5 Å². The number of thiophene rings is 1. The molecule has 178 valence electrons. The van der Waals surface area contributed by atoms with Crippen molar-refractivity contribution in [3.63, 3.8) is 0 Å². The lowest BCUT2D eigenvalue weighted by Gasteiger charge is -2.21. The van der Waals surface area contributed by atoms with Gasteiger partial charge in [-0.2, -0.15) is 13.2 Å². The SMILES string of the molecule is Cn1c(N2CC[C@@H](NCc3ccc4sccc4c3)C2)cc(=O)n(C)c1=O.O=C(O)C(F)(F)F. The fourth-order valence-electron chi connectivity index (χ4n) is 3.55. The second-order valence-electron chi connectivity index (χ2n) is 7.65. The van der Waals surface area contributed by atoms with Crippen LogP contribution >= 0.6 is 11.3 Å². The van der Waals surface area contributed by atoms with E-state index >= 15 is 0 Å². The molecule has 2 aromatic heterocycles. The Morgan fingerprint density at radius 2 is 1.88 bits per heavy atom. The molecule has 0 bridgehead atoms. The molecule has 0 unspecified atom stereocenters. The van der Waals surface area contributed by atoms with Crippen molar-refractivity contribution in [2.24, 2.45) is 14.1 Å². The third kappa shape index (κ3) is 5.82. The van der Waals surface area contributed by atoms with Crippen molar-refractivity contribution >= 4 is 33.2 Å². The monoisotopic (exact) mass is 484 g/mol. The molecule has 1 atom stereocenters. The Morgan fingerprint density at radius 1 is 1.18 bits per heavy atom. The van der Waals surface area contributed by atoms with Crippen molar-refractivity contribution in [2.75, 3.05) is 18.0 Å². The van der Waals surface area contributed by atoms with E-state index in [9.17, 15) is 22.8 Å². The van der Waals surface area contributed by atoms with E-state index in [0.29, 0.717) is 11.9 Å². The van der Waals surface area contributed by atoms with Crippen LogP contribution < -0.4 is 21.5 Å². The second kappa shape index (κ2) is 9.79. The Kier molecular flexibility index (Phi) is 7.28. The van der Waals surface area contributed by atoms with Gasteiger partial charge in [0.25, 0.3) is 5.56 Å². The fourth-order valence-corrected chi connectivity index (χ4v) is 4.32. The number of nitrogens with one attached hydrogen (secondary N) is 1. The van der Waals surface area contributed by atoms with Gasteiger partial charge in [0.1, 0.15) is 5.82 Å². The van der Waals surface area contributed by atoms with Gasteiger partial charge in [-0.25, -0.2) is 9.59 Å². The van der Waals surface area contributed by atoms with E-state index in [1.807, 2.05) is 0 Å². The summed E-state index contributed by atoms with van der Waals surface area (Å²) in [5, 5.41) is 14.1. The first-order valence-electron chi connectivity index (χ1n) is 9.99. The number of carboxylic acid groups (broad SMARTS) is 1. The first-order chi connectivity index (χ1) is 15.5. The molecule has 1 aliphatic heterocycles. The van der Waals surface area contributed by atoms with E-state index in [0.717, 1.165) is 30.6 Å². The van der Waals surface area contributed by atoms with Gasteiger partial charge in [-0.3, -0.25) is 13.9 Å². The summed E-state index contributed by atoms with van der Waals surface area (Å²) < 4.78 is 35.7. The minimum Gasteiger partial charge on any atom is -0.475 e. The number of aromatic nitrogens is 2. The van der Waals surface area contributed by atoms with Crippen LogP contribution in [0, 0.1) is 0 Å². The van der Waals surface area contributed by atoms with E-state index in [4.69, 9.17) is 9.90 Å². The summed E-state index contributed by atoms with van der Waals surface area (Å²) in [5.74, 6) is -2.06. The maximum atomic E-state index is 12.1. The zero-order chi connectivity index (χ0) is 24.3. The van der Waals surface area contributed by atoms with Crippen molar-refractivity contribution < 1.29 is 23.1 Å². The van der Waals surface area contributed by atoms with Gasteiger partial charge in [0.2, 0.25) is 0 Å². The highest BCUT2D eigenvalue weighted by molar-refractivity contribution is 7.17. The van der Waals surface area contributed by atoms with E-state index in [2.05, 4.69) is 39.9 Å². The summed E-state index contributed by atoms with van der Waals surface area (Å²) in [6.45, 7) is 2.45. The number of benzene rings is 1. The minimum absolute atomic E-state index is 0.261. The van der Waals surface area contributed by atoms with Crippen molar-refractivity contribution in [3.8, 4) is 0 Å². The minimum atomic E-state index is -5.08. The molecule has 33 heavy (non-hydrogen) atoms. The zero-order valence-electron chi connectivity index (χ0n) is 17.9. The highest BCUT2D eigenvalue weighted by Gasteiger charge is 2.38. The lowest BCUT2D eigenvalue weighted by molar-refractivity contribution is -0.192. The van der Waals surface area contributed by atoms with Crippen molar-refractivity contribution in [3.05, 3.63) is 62.1 Å². The Balaban J connectivity index is 0.000000383. The molecule has 12 heteroatoms. The molecule has 0 amide bonds. The van der Waals surface area contributed by atoms with Crippen LogP contribution in [0.2, 0.25) is 0 Å². The largest absolute Gasteiger partial charge is 0.490 e. The van der Waals surface area contributed by atoms with Crippen LogP contribution in [0.4, 0.5) is 19.0 Å². The molecule has 4 rings (SSSR count). The maximum Gasteiger partial charge on any atom is 0.490 e. The summed E-state index contributed by atoms with van der Waals surface area (Å²) >= 11 is 1.76. The number of rotatable bonds is 4. The molecule has 0 radical (unpaired) electrons. The number of carboxylic acids is 1. The van der Waals surface area contributed by atoms with Crippen LogP contribution in [0.15, 0.2) is 45.3 Å². The smallest absolute Gasteiger partial charge is 0.475 e. The molecule has 1 aromatic carbocycles. The molecule has 3 aromatic rings. The molecule has 0 spiro atoms. The number of fused-ring (bicyclic) bond motifs is 1. The molecule has 1 fully saturated rings. The van der Waals surface area contributed by atoms with Gasteiger partial charge >= 0.3 is 17.8 Å². The molecular formula is C21H23F3N4O4S. The normalized spacial score (nSPS) is 16.0. The number of hydrogen-bond donors (Lipinski definition) is 2. The molecule has 1 aliphatic rings. The lowest BCUT2D eigenvalue weighted by atomic mass is 10.1. The topological polar surface area (TPSA) is 96.6 Å². The molecular weight excluding hydrogens is 461 g/mol. The molecule has 3 heterocycles. The average molecular weight is 485 g/mol. The third-order valence-electron chi connectivity index (χ3n) is 5.37.